The maximum absolute atomic E-state index is 12.3. The average Bonchev–Trinajstić information content (AvgIpc) is 2.92. The van der Waals surface area contributed by atoms with Crippen molar-refractivity contribution in [1.82, 2.24) is 14.8 Å². The smallest absolute Gasteiger partial charge is 0.354 e. The molecule has 116 valence electrons. The van der Waals surface area contributed by atoms with Crippen molar-refractivity contribution in [3.63, 3.8) is 0 Å². The van der Waals surface area contributed by atoms with Gasteiger partial charge in [0.1, 0.15) is 5.69 Å². The number of hydrogen-bond donors (Lipinski definition) is 3. The van der Waals surface area contributed by atoms with Crippen LogP contribution < -0.4 is 5.32 Å². The van der Waals surface area contributed by atoms with E-state index in [0.717, 1.165) is 0 Å². The van der Waals surface area contributed by atoms with Crippen LogP contribution >= 0.6 is 0 Å². The summed E-state index contributed by atoms with van der Waals surface area (Å²) in [5.41, 5.74) is 1.02. The minimum atomic E-state index is -1.08. The van der Waals surface area contributed by atoms with Crippen LogP contribution in [0.15, 0.2) is 6.07 Å². The van der Waals surface area contributed by atoms with E-state index in [1.165, 1.54) is 0 Å². The lowest BCUT2D eigenvalue weighted by molar-refractivity contribution is 0.0692. The van der Waals surface area contributed by atoms with Gasteiger partial charge >= 0.3 is 12.0 Å². The van der Waals surface area contributed by atoms with Crippen LogP contribution in [0.2, 0.25) is 0 Å². The van der Waals surface area contributed by atoms with Crippen molar-refractivity contribution < 1.29 is 14.7 Å². The number of carboxylic acids is 1. The summed E-state index contributed by atoms with van der Waals surface area (Å²) in [5, 5.41) is 11.8. The zero-order chi connectivity index (χ0) is 15.7. The van der Waals surface area contributed by atoms with E-state index in [1.54, 1.807) is 17.9 Å². The lowest BCUT2D eigenvalue weighted by Gasteiger charge is -2.22. The van der Waals surface area contributed by atoms with Crippen LogP contribution in [-0.4, -0.2) is 65.1 Å². The molecule has 0 radical (unpaired) electrons. The molecule has 2 rings (SSSR count). The molecule has 2 amide bonds. The number of rotatable bonds is 3. The Hall–Kier alpha value is -2.02. The molecule has 3 N–H and O–H groups in total. The number of aromatic nitrogens is 1. The minimum Gasteiger partial charge on any atom is -0.477 e. The van der Waals surface area contributed by atoms with Gasteiger partial charge in [-0.2, -0.15) is 0 Å². The van der Waals surface area contributed by atoms with Crippen molar-refractivity contribution in [2.75, 3.05) is 32.5 Å². The Morgan fingerprint density at radius 2 is 2.10 bits per heavy atom. The predicted molar refractivity (Wildman–Crippen MR) is 79.7 cm³/mol. The first-order valence-electron chi connectivity index (χ1n) is 6.95. The molecule has 21 heavy (non-hydrogen) atoms. The van der Waals surface area contributed by atoms with Gasteiger partial charge in [-0.3, -0.25) is 0 Å². The number of aromatic amines is 1. The highest BCUT2D eigenvalue weighted by Gasteiger charge is 2.34. The molecule has 1 saturated heterocycles. The first-order valence-corrected chi connectivity index (χ1v) is 6.95. The number of likely N-dealkylation sites (N-methyl/N-ethyl adjacent to an activating group) is 1. The zero-order valence-corrected chi connectivity index (χ0v) is 12.8. The second-order valence-electron chi connectivity index (χ2n) is 5.89. The van der Waals surface area contributed by atoms with Gasteiger partial charge in [0.2, 0.25) is 0 Å². The molecule has 0 aromatic carbocycles. The monoisotopic (exact) mass is 294 g/mol. The number of carbonyl (C=O) groups excluding carboxylic acids is 1. The quantitative estimate of drug-likeness (QED) is 0.787. The topological polar surface area (TPSA) is 88.7 Å². The third kappa shape index (κ3) is 3.18. The number of likely N-dealkylation sites (tertiary alicyclic amines) is 1. The number of nitrogens with zero attached hydrogens (tertiary/aromatic N) is 2. The molecule has 1 fully saturated rings. The van der Waals surface area contributed by atoms with Crippen molar-refractivity contribution >= 4 is 17.7 Å². The van der Waals surface area contributed by atoms with Crippen LogP contribution in [0.4, 0.5) is 10.5 Å². The highest BCUT2D eigenvalue weighted by molar-refractivity contribution is 5.99. The second-order valence-corrected chi connectivity index (χ2v) is 5.89. The molecule has 0 aliphatic carbocycles. The van der Waals surface area contributed by atoms with E-state index in [4.69, 9.17) is 5.11 Å². The van der Waals surface area contributed by atoms with E-state index >= 15 is 0 Å². The number of aromatic carboxylic acids is 1. The molecular weight excluding hydrogens is 272 g/mol. The molecule has 0 saturated carbocycles. The van der Waals surface area contributed by atoms with Crippen LogP contribution in [0.1, 0.15) is 23.1 Å². The number of urea groups is 1. The first-order chi connectivity index (χ1) is 9.79. The summed E-state index contributed by atoms with van der Waals surface area (Å²) < 4.78 is 0. The van der Waals surface area contributed by atoms with E-state index in [2.05, 4.69) is 22.1 Å². The summed E-state index contributed by atoms with van der Waals surface area (Å²) in [6.45, 7) is 5.18. The van der Waals surface area contributed by atoms with Gasteiger partial charge in [-0.25, -0.2) is 9.59 Å². The number of aryl methyl sites for hydroxylation is 1. The van der Waals surface area contributed by atoms with Gasteiger partial charge in [-0.05, 0) is 33.0 Å². The molecule has 1 aromatic heterocycles. The molecular formula is C14H22N4O3. The molecule has 2 heterocycles. The molecule has 0 bridgehead atoms. The highest BCUT2D eigenvalue weighted by atomic mass is 16.4. The number of anilines is 1. The number of carboxylic acid groups (broad SMARTS) is 1. The molecule has 1 aliphatic heterocycles. The first kappa shape index (κ1) is 15.4. The van der Waals surface area contributed by atoms with Gasteiger partial charge in [-0.15, -0.1) is 0 Å². The minimum absolute atomic E-state index is 0.0113. The summed E-state index contributed by atoms with van der Waals surface area (Å²) >= 11 is 0. The van der Waals surface area contributed by atoms with E-state index in [-0.39, 0.29) is 11.7 Å². The van der Waals surface area contributed by atoms with Gasteiger partial charge < -0.3 is 25.2 Å². The number of H-pyrrole nitrogens is 1. The zero-order valence-electron chi connectivity index (χ0n) is 12.8. The van der Waals surface area contributed by atoms with Crippen LogP contribution in [0, 0.1) is 12.8 Å². The SMILES string of the molecule is Cc1cc(NC(=O)N2CC(C)C(N(C)C)C2)c(C(=O)O)[nH]1. The van der Waals surface area contributed by atoms with Crippen molar-refractivity contribution in [2.45, 2.75) is 19.9 Å². The largest absolute Gasteiger partial charge is 0.477 e. The normalized spacial score (nSPS) is 21.9. The molecule has 7 nitrogen and oxygen atoms in total. The summed E-state index contributed by atoms with van der Waals surface area (Å²) in [4.78, 5) is 30.0. The van der Waals surface area contributed by atoms with Crippen LogP contribution in [0.25, 0.3) is 0 Å². The summed E-state index contributed by atoms with van der Waals surface area (Å²) in [7, 11) is 4.00. The fourth-order valence-corrected chi connectivity index (χ4v) is 2.84. The third-order valence-electron chi connectivity index (χ3n) is 3.93. The number of carbonyl (C=O) groups is 2. The fourth-order valence-electron chi connectivity index (χ4n) is 2.84. The predicted octanol–water partition coefficient (Wildman–Crippen LogP) is 1.44. The standard InChI is InChI=1S/C14H22N4O3/c1-8-6-18(7-11(8)17(3)4)14(21)16-10-5-9(2)15-12(10)13(19)20/h5,8,11,15H,6-7H2,1-4H3,(H,16,21)(H,19,20). The lowest BCUT2D eigenvalue weighted by atomic mass is 10.1. The van der Waals surface area contributed by atoms with Crippen molar-refractivity contribution in [3.8, 4) is 0 Å². The van der Waals surface area contributed by atoms with Crippen LogP contribution in [-0.2, 0) is 0 Å². The maximum Gasteiger partial charge on any atom is 0.354 e. The summed E-state index contributed by atoms with van der Waals surface area (Å²) in [6.07, 6.45) is 0. The van der Waals surface area contributed by atoms with Gasteiger partial charge in [0, 0.05) is 24.8 Å². The third-order valence-corrected chi connectivity index (χ3v) is 3.93. The number of hydrogen-bond acceptors (Lipinski definition) is 3. The van der Waals surface area contributed by atoms with Crippen molar-refractivity contribution in [2.24, 2.45) is 5.92 Å². The number of amides is 2. The molecule has 7 heteroatoms. The van der Waals surface area contributed by atoms with E-state index in [1.807, 2.05) is 14.1 Å². The molecule has 2 atom stereocenters. The lowest BCUT2D eigenvalue weighted by Crippen LogP contribution is -2.37. The second kappa shape index (κ2) is 5.77. The van der Waals surface area contributed by atoms with E-state index in [0.29, 0.717) is 36.4 Å². The van der Waals surface area contributed by atoms with Gasteiger partial charge in [0.15, 0.2) is 0 Å². The molecule has 0 spiro atoms. The molecule has 2 unspecified atom stereocenters. The van der Waals surface area contributed by atoms with E-state index in [9.17, 15) is 9.59 Å². The number of nitrogens with one attached hydrogen (secondary N) is 2. The molecule has 1 aromatic rings. The van der Waals surface area contributed by atoms with Gasteiger partial charge in [0.25, 0.3) is 0 Å². The van der Waals surface area contributed by atoms with Crippen LogP contribution in [0.3, 0.4) is 0 Å². The Labute approximate surface area is 123 Å². The summed E-state index contributed by atoms with van der Waals surface area (Å²) in [6, 6.07) is 1.69. The van der Waals surface area contributed by atoms with Gasteiger partial charge in [-0.1, -0.05) is 6.92 Å². The van der Waals surface area contributed by atoms with Crippen molar-refractivity contribution in [1.29, 1.82) is 0 Å². The Balaban J connectivity index is 2.08. The Morgan fingerprint density at radius 3 is 2.62 bits per heavy atom. The van der Waals surface area contributed by atoms with Gasteiger partial charge in [0.05, 0.1) is 5.69 Å². The average molecular weight is 294 g/mol. The van der Waals surface area contributed by atoms with E-state index < -0.39 is 5.97 Å². The fraction of sp³-hybridized carbons (Fsp3) is 0.571. The maximum atomic E-state index is 12.3. The Morgan fingerprint density at radius 1 is 1.43 bits per heavy atom. The Bertz CT molecular complexity index is 552. The Kier molecular flexibility index (Phi) is 4.22. The van der Waals surface area contributed by atoms with Crippen molar-refractivity contribution in [3.05, 3.63) is 17.5 Å². The highest BCUT2D eigenvalue weighted by Crippen LogP contribution is 2.22. The summed E-state index contributed by atoms with van der Waals surface area (Å²) in [5.74, 6) is -0.697. The van der Waals surface area contributed by atoms with Crippen LogP contribution in [0.5, 0.6) is 0 Å². The molecule has 1 aliphatic rings.